The Bertz CT molecular complexity index is 1140. The molecule has 0 aliphatic carbocycles. The van der Waals surface area contributed by atoms with Crippen molar-refractivity contribution in [2.75, 3.05) is 13.2 Å². The van der Waals surface area contributed by atoms with Gasteiger partial charge in [0.1, 0.15) is 29.8 Å². The van der Waals surface area contributed by atoms with Crippen molar-refractivity contribution >= 4 is 29.8 Å². The zero-order valence-corrected chi connectivity index (χ0v) is 25.6. The SMILES string of the molecule is CC(C)COC(=O)N[C@H](C(=O)N[C@@H](CC(C)C)C(=O)N[C@@H](CC(F)F)C(=O)NCCc1c(F)cc(C(=O)O)cc1F)C(C)C. The molecule has 248 valence electrons. The Morgan fingerprint density at radius 3 is 1.82 bits per heavy atom. The molecule has 0 heterocycles. The van der Waals surface area contributed by atoms with E-state index in [2.05, 4.69) is 21.3 Å². The summed E-state index contributed by atoms with van der Waals surface area (Å²) in [6.45, 7) is 10.2. The largest absolute Gasteiger partial charge is 0.478 e. The Hall–Kier alpha value is -3.91. The summed E-state index contributed by atoms with van der Waals surface area (Å²) >= 11 is 0. The lowest BCUT2D eigenvalue weighted by atomic mass is 9.99. The second-order valence-electron chi connectivity index (χ2n) is 11.5. The number of benzene rings is 1. The maximum atomic E-state index is 14.2. The van der Waals surface area contributed by atoms with Gasteiger partial charge >= 0.3 is 12.1 Å². The quantitative estimate of drug-likeness (QED) is 0.164. The number of carboxylic acid groups (broad SMARTS) is 1. The van der Waals surface area contributed by atoms with E-state index in [-0.39, 0.29) is 24.9 Å². The van der Waals surface area contributed by atoms with Gasteiger partial charge in [-0.3, -0.25) is 14.4 Å². The lowest BCUT2D eigenvalue weighted by molar-refractivity contribution is -0.133. The average Bonchev–Trinajstić information content (AvgIpc) is 2.90. The number of aromatic carboxylic acids is 1. The number of alkyl carbamates (subject to hydrolysis) is 1. The molecule has 0 spiro atoms. The van der Waals surface area contributed by atoms with Crippen LogP contribution in [0.1, 0.15) is 70.3 Å². The van der Waals surface area contributed by atoms with Crippen LogP contribution < -0.4 is 21.3 Å². The van der Waals surface area contributed by atoms with Crippen molar-refractivity contribution in [1.29, 1.82) is 0 Å². The number of carboxylic acids is 1. The van der Waals surface area contributed by atoms with E-state index in [1.165, 1.54) is 0 Å². The third-order valence-electron chi connectivity index (χ3n) is 6.22. The number of halogens is 4. The van der Waals surface area contributed by atoms with Crippen molar-refractivity contribution in [3.05, 3.63) is 34.9 Å². The van der Waals surface area contributed by atoms with Crippen molar-refractivity contribution in [2.45, 2.75) is 85.4 Å². The first kappa shape index (κ1) is 38.1. The lowest BCUT2D eigenvalue weighted by Crippen LogP contribution is -2.58. The minimum absolute atomic E-state index is 0.0530. The fourth-order valence-electron chi connectivity index (χ4n) is 3.99. The number of hydrogen-bond donors (Lipinski definition) is 5. The molecule has 0 radical (unpaired) electrons. The van der Waals surface area contributed by atoms with Gasteiger partial charge in [0.2, 0.25) is 24.1 Å². The summed E-state index contributed by atoms with van der Waals surface area (Å²) in [5.74, 6) is -7.12. The number of carbonyl (C=O) groups is 5. The van der Waals surface area contributed by atoms with Gasteiger partial charge in [-0.15, -0.1) is 0 Å². The minimum atomic E-state index is -3.02. The molecule has 0 unspecified atom stereocenters. The van der Waals surface area contributed by atoms with Crippen LogP contribution in [-0.4, -0.2) is 72.6 Å². The van der Waals surface area contributed by atoms with Gasteiger partial charge in [-0.05, 0) is 42.7 Å². The van der Waals surface area contributed by atoms with Gasteiger partial charge in [0, 0.05) is 18.5 Å². The smallest absolute Gasteiger partial charge is 0.407 e. The van der Waals surface area contributed by atoms with E-state index in [1.54, 1.807) is 27.7 Å². The molecule has 1 rings (SSSR count). The van der Waals surface area contributed by atoms with Gasteiger partial charge in [0.05, 0.1) is 12.2 Å². The van der Waals surface area contributed by atoms with E-state index < -0.39 is 102 Å². The first-order valence-electron chi connectivity index (χ1n) is 14.2. The van der Waals surface area contributed by atoms with Crippen LogP contribution in [-0.2, 0) is 25.5 Å². The van der Waals surface area contributed by atoms with Gasteiger partial charge in [0.25, 0.3) is 0 Å². The molecule has 1 aromatic carbocycles. The first-order chi connectivity index (χ1) is 20.4. The van der Waals surface area contributed by atoms with E-state index >= 15 is 0 Å². The highest BCUT2D eigenvalue weighted by molar-refractivity contribution is 5.94. The van der Waals surface area contributed by atoms with Gasteiger partial charge in [0.15, 0.2) is 0 Å². The Morgan fingerprint density at radius 1 is 0.795 bits per heavy atom. The second-order valence-corrected chi connectivity index (χ2v) is 11.5. The van der Waals surface area contributed by atoms with E-state index in [0.717, 1.165) is 0 Å². The van der Waals surface area contributed by atoms with Crippen LogP contribution in [0.25, 0.3) is 0 Å². The molecule has 0 aromatic heterocycles. The van der Waals surface area contributed by atoms with Crippen LogP contribution in [0.4, 0.5) is 22.4 Å². The highest BCUT2D eigenvalue weighted by Gasteiger charge is 2.32. The number of amides is 4. The van der Waals surface area contributed by atoms with E-state index in [9.17, 15) is 41.5 Å². The van der Waals surface area contributed by atoms with E-state index in [4.69, 9.17) is 9.84 Å². The molecule has 0 saturated carbocycles. The highest BCUT2D eigenvalue weighted by atomic mass is 19.3. The average molecular weight is 635 g/mol. The van der Waals surface area contributed by atoms with Crippen LogP contribution in [0.5, 0.6) is 0 Å². The maximum absolute atomic E-state index is 14.2. The normalized spacial score (nSPS) is 13.4. The zero-order chi connectivity index (χ0) is 33.7. The fourth-order valence-corrected chi connectivity index (χ4v) is 3.99. The summed E-state index contributed by atoms with van der Waals surface area (Å²) in [5, 5.41) is 18.3. The molecule has 15 heteroatoms. The van der Waals surface area contributed by atoms with Crippen LogP contribution in [0.2, 0.25) is 0 Å². The summed E-state index contributed by atoms with van der Waals surface area (Å²) in [6, 6.07) is -2.90. The van der Waals surface area contributed by atoms with Crippen LogP contribution in [0.15, 0.2) is 12.1 Å². The van der Waals surface area contributed by atoms with Gasteiger partial charge < -0.3 is 31.1 Å². The Balaban J connectivity index is 2.99. The third kappa shape index (κ3) is 13.2. The van der Waals surface area contributed by atoms with Gasteiger partial charge in [-0.1, -0.05) is 41.5 Å². The minimum Gasteiger partial charge on any atom is -0.478 e. The number of hydrogen-bond acceptors (Lipinski definition) is 6. The van der Waals surface area contributed by atoms with Crippen LogP contribution in [0.3, 0.4) is 0 Å². The molecule has 1 aromatic rings. The molecular weight excluding hydrogens is 592 g/mol. The molecule has 4 amide bonds. The number of alkyl halides is 2. The van der Waals surface area contributed by atoms with E-state index in [1.807, 2.05) is 13.8 Å². The van der Waals surface area contributed by atoms with Crippen LogP contribution in [0, 0.1) is 29.4 Å². The van der Waals surface area contributed by atoms with Gasteiger partial charge in [-0.2, -0.15) is 0 Å². The fraction of sp³-hybridized carbons (Fsp3) is 0.621. The van der Waals surface area contributed by atoms with E-state index in [0.29, 0.717) is 12.1 Å². The summed E-state index contributed by atoms with van der Waals surface area (Å²) in [7, 11) is 0. The predicted octanol–water partition coefficient (Wildman–Crippen LogP) is 3.40. The molecule has 11 nitrogen and oxygen atoms in total. The second kappa shape index (κ2) is 18.0. The van der Waals surface area contributed by atoms with Gasteiger partial charge in [-0.25, -0.2) is 27.2 Å². The Labute approximate surface area is 253 Å². The number of carbonyl (C=O) groups excluding carboxylic acids is 4. The van der Waals surface area contributed by atoms with Crippen molar-refractivity contribution in [3.8, 4) is 0 Å². The Kier molecular flexibility index (Phi) is 15.6. The Morgan fingerprint density at radius 2 is 1.34 bits per heavy atom. The van der Waals surface area contributed by atoms with Crippen molar-refractivity contribution in [2.24, 2.45) is 17.8 Å². The number of rotatable bonds is 17. The predicted molar refractivity (Wildman–Crippen MR) is 152 cm³/mol. The van der Waals surface area contributed by atoms with Crippen molar-refractivity contribution in [1.82, 2.24) is 21.3 Å². The molecule has 0 fully saturated rings. The van der Waals surface area contributed by atoms with Crippen LogP contribution >= 0.6 is 0 Å². The molecule has 0 bridgehead atoms. The molecule has 0 aliphatic heterocycles. The summed E-state index contributed by atoms with van der Waals surface area (Å²) < 4.78 is 60.2. The first-order valence-corrected chi connectivity index (χ1v) is 14.2. The number of ether oxygens (including phenoxy) is 1. The topological polar surface area (TPSA) is 163 Å². The number of nitrogens with one attached hydrogen (secondary N) is 4. The maximum Gasteiger partial charge on any atom is 0.407 e. The molecule has 3 atom stereocenters. The molecule has 5 N–H and O–H groups in total. The summed E-state index contributed by atoms with van der Waals surface area (Å²) in [5.41, 5.74) is -1.14. The summed E-state index contributed by atoms with van der Waals surface area (Å²) in [4.78, 5) is 62.1. The zero-order valence-electron chi connectivity index (χ0n) is 25.6. The monoisotopic (exact) mass is 634 g/mol. The molecule has 0 saturated heterocycles. The molecule has 0 aliphatic rings. The molecular formula is C29H42F4N4O7. The molecule has 44 heavy (non-hydrogen) atoms. The third-order valence-corrected chi connectivity index (χ3v) is 6.22. The van der Waals surface area contributed by atoms with Crippen molar-refractivity contribution in [3.63, 3.8) is 0 Å². The van der Waals surface area contributed by atoms with Crippen molar-refractivity contribution < 1.29 is 51.4 Å². The standard InChI is InChI=1S/C29H42F4N4O7/c1-14(2)9-21(36-27(40)24(16(5)6)37-29(43)44-13-15(3)4)26(39)35-22(12-23(32)33)25(38)34-8-7-18-19(30)10-17(28(41)42)11-20(18)31/h10-11,14-16,21-24H,7-9,12-13H2,1-6H3,(H,34,38)(H,35,39)(H,36,40)(H,37,43)(H,41,42)/t21-,22-,24-/m0/s1. The summed E-state index contributed by atoms with van der Waals surface area (Å²) in [6.07, 6.45) is -5.31. The lowest BCUT2D eigenvalue weighted by Gasteiger charge is -2.27. The highest BCUT2D eigenvalue weighted by Crippen LogP contribution is 2.16.